The van der Waals surface area contributed by atoms with Gasteiger partial charge in [-0.05, 0) is 96.8 Å². The first-order valence-corrected chi connectivity index (χ1v) is 13.7. The van der Waals surface area contributed by atoms with Crippen molar-refractivity contribution in [3.05, 3.63) is 169 Å². The van der Waals surface area contributed by atoms with Gasteiger partial charge in [0.25, 0.3) is 0 Å². The molecule has 0 bridgehead atoms. The van der Waals surface area contributed by atoms with Crippen molar-refractivity contribution in [1.82, 2.24) is 0 Å². The van der Waals surface area contributed by atoms with Crippen LogP contribution in [0.25, 0.3) is 11.1 Å². The quantitative estimate of drug-likeness (QED) is 0.208. The van der Waals surface area contributed by atoms with Gasteiger partial charge in [-0.15, -0.1) is 0 Å². The summed E-state index contributed by atoms with van der Waals surface area (Å²) in [5.41, 5.74) is 11.7. The molecule has 2 heteroatoms. The zero-order valence-corrected chi connectivity index (χ0v) is 22.9. The van der Waals surface area contributed by atoms with E-state index in [-0.39, 0.29) is 0 Å². The van der Waals surface area contributed by atoms with E-state index in [0.29, 0.717) is 0 Å². The molecule has 0 atom stereocenters. The Bertz CT molecular complexity index is 1490. The summed E-state index contributed by atoms with van der Waals surface area (Å²) in [4.78, 5) is 4.68. The lowest BCUT2D eigenvalue weighted by Crippen LogP contribution is -2.12. The number of hydrogen-bond donors (Lipinski definition) is 0. The maximum atomic E-state index is 2.34. The Kier molecular flexibility index (Phi) is 7.15. The lowest BCUT2D eigenvalue weighted by molar-refractivity contribution is 1.24. The molecule has 6 aromatic carbocycles. The van der Waals surface area contributed by atoms with Gasteiger partial charge in [0.15, 0.2) is 0 Å². The minimum Gasteiger partial charge on any atom is -0.310 e. The van der Waals surface area contributed by atoms with Crippen molar-refractivity contribution < 1.29 is 0 Å². The van der Waals surface area contributed by atoms with Crippen LogP contribution < -0.4 is 9.80 Å². The van der Waals surface area contributed by atoms with Crippen molar-refractivity contribution in [3.63, 3.8) is 0 Å². The molecule has 0 N–H and O–H groups in total. The molecule has 0 aliphatic rings. The van der Waals surface area contributed by atoms with Gasteiger partial charge >= 0.3 is 0 Å². The molecule has 0 heterocycles. The summed E-state index contributed by atoms with van der Waals surface area (Å²) in [5.74, 6) is 0. The molecule has 0 radical (unpaired) electrons. The molecule has 0 aliphatic carbocycles. The summed E-state index contributed by atoms with van der Waals surface area (Å²) in [5, 5.41) is 0. The Morgan fingerprint density at radius 1 is 0.325 bits per heavy atom. The van der Waals surface area contributed by atoms with E-state index >= 15 is 0 Å². The second-order valence-corrected chi connectivity index (χ2v) is 10.0. The van der Waals surface area contributed by atoms with E-state index < -0.39 is 0 Å². The van der Waals surface area contributed by atoms with Gasteiger partial charge in [0.2, 0.25) is 0 Å². The average Bonchev–Trinajstić information content (AvgIpc) is 3.02. The molecular formula is C38H32N2. The molecule has 0 spiro atoms. The second kappa shape index (κ2) is 11.3. The molecule has 40 heavy (non-hydrogen) atoms. The minimum atomic E-state index is 1.14. The molecule has 194 valence electrons. The Balaban J connectivity index is 1.49. The highest BCUT2D eigenvalue weighted by Gasteiger charge is 2.18. The average molecular weight is 517 g/mol. The first-order valence-electron chi connectivity index (χ1n) is 13.7. The first kappa shape index (κ1) is 25.2. The Morgan fingerprint density at radius 2 is 0.600 bits per heavy atom. The van der Waals surface area contributed by atoms with Crippen molar-refractivity contribution in [2.24, 2.45) is 0 Å². The minimum absolute atomic E-state index is 1.14. The summed E-state index contributed by atoms with van der Waals surface area (Å²) in [6.45, 7) is 4.37. The third-order valence-corrected chi connectivity index (χ3v) is 7.29. The van der Waals surface area contributed by atoms with E-state index in [4.69, 9.17) is 0 Å². The maximum absolute atomic E-state index is 2.34. The van der Waals surface area contributed by atoms with Crippen LogP contribution in [0.5, 0.6) is 0 Å². The Morgan fingerprint density at radius 3 is 0.875 bits per heavy atom. The normalized spacial score (nSPS) is 10.8. The molecular weight excluding hydrogens is 484 g/mol. The Hall–Kier alpha value is -5.08. The van der Waals surface area contributed by atoms with Crippen molar-refractivity contribution in [2.75, 3.05) is 9.80 Å². The molecule has 0 aliphatic heterocycles. The number of para-hydroxylation sites is 4. The fraction of sp³-hybridized carbons (Fsp3) is 0.0526. The van der Waals surface area contributed by atoms with Gasteiger partial charge in [-0.2, -0.15) is 0 Å². The molecule has 0 unspecified atom stereocenters. The van der Waals surface area contributed by atoms with Crippen LogP contribution in [0.1, 0.15) is 11.1 Å². The van der Waals surface area contributed by atoms with E-state index in [0.717, 1.165) is 22.7 Å². The van der Waals surface area contributed by atoms with E-state index in [1.165, 1.54) is 33.6 Å². The van der Waals surface area contributed by atoms with Crippen LogP contribution >= 0.6 is 0 Å². The van der Waals surface area contributed by atoms with Crippen LogP contribution in [0.3, 0.4) is 0 Å². The summed E-state index contributed by atoms with van der Waals surface area (Å²) in [7, 11) is 0. The zero-order chi connectivity index (χ0) is 27.3. The molecule has 0 saturated heterocycles. The number of anilines is 6. The fourth-order valence-electron chi connectivity index (χ4n) is 5.22. The van der Waals surface area contributed by atoms with Crippen molar-refractivity contribution in [1.29, 1.82) is 0 Å². The van der Waals surface area contributed by atoms with Gasteiger partial charge in [-0.1, -0.05) is 97.1 Å². The second-order valence-electron chi connectivity index (χ2n) is 10.0. The number of hydrogen-bond acceptors (Lipinski definition) is 2. The van der Waals surface area contributed by atoms with Crippen molar-refractivity contribution in [3.8, 4) is 11.1 Å². The van der Waals surface area contributed by atoms with Crippen molar-refractivity contribution in [2.45, 2.75) is 13.8 Å². The number of aryl methyl sites for hydroxylation is 2. The largest absolute Gasteiger partial charge is 0.310 e. The Labute approximate surface area is 237 Å². The monoisotopic (exact) mass is 516 g/mol. The van der Waals surface area contributed by atoms with Crippen LogP contribution in [0.4, 0.5) is 34.1 Å². The summed E-state index contributed by atoms with van der Waals surface area (Å²) < 4.78 is 0. The third-order valence-electron chi connectivity index (χ3n) is 7.29. The molecule has 6 rings (SSSR count). The smallest absolute Gasteiger partial charge is 0.0496 e. The van der Waals surface area contributed by atoms with E-state index in [1.807, 2.05) is 0 Å². The number of rotatable bonds is 7. The number of benzene rings is 6. The van der Waals surface area contributed by atoms with Gasteiger partial charge in [0.1, 0.15) is 0 Å². The topological polar surface area (TPSA) is 6.48 Å². The van der Waals surface area contributed by atoms with Crippen LogP contribution in [0.15, 0.2) is 158 Å². The molecule has 0 fully saturated rings. The first-order chi connectivity index (χ1) is 19.7. The maximum Gasteiger partial charge on any atom is 0.0496 e. The van der Waals surface area contributed by atoms with Gasteiger partial charge in [0.05, 0.1) is 0 Å². The SMILES string of the molecule is Cc1ccc(-c2ccc(C)c(N(c3ccccc3)c3ccccc3)c2)cc1N(c1ccccc1)c1ccccc1. The molecule has 0 saturated carbocycles. The van der Waals surface area contributed by atoms with Gasteiger partial charge in [-0.25, -0.2) is 0 Å². The molecule has 2 nitrogen and oxygen atoms in total. The lowest BCUT2D eigenvalue weighted by Gasteiger charge is -2.28. The molecule has 0 aromatic heterocycles. The number of nitrogens with zero attached hydrogens (tertiary/aromatic N) is 2. The van der Waals surface area contributed by atoms with Crippen LogP contribution in [0.2, 0.25) is 0 Å². The molecule has 6 aromatic rings. The summed E-state index contributed by atoms with van der Waals surface area (Å²) in [6, 6.07) is 55.9. The highest BCUT2D eigenvalue weighted by molar-refractivity contribution is 5.85. The predicted molar refractivity (Wildman–Crippen MR) is 171 cm³/mol. The third kappa shape index (κ3) is 5.12. The van der Waals surface area contributed by atoms with E-state index in [9.17, 15) is 0 Å². The van der Waals surface area contributed by atoms with E-state index in [2.05, 4.69) is 181 Å². The highest BCUT2D eigenvalue weighted by atomic mass is 15.1. The van der Waals surface area contributed by atoms with Gasteiger partial charge < -0.3 is 9.80 Å². The molecule has 0 amide bonds. The lowest BCUT2D eigenvalue weighted by atomic mass is 9.98. The highest BCUT2D eigenvalue weighted by Crippen LogP contribution is 2.41. The summed E-state index contributed by atoms with van der Waals surface area (Å²) in [6.07, 6.45) is 0. The van der Waals surface area contributed by atoms with Crippen LogP contribution in [-0.4, -0.2) is 0 Å². The van der Waals surface area contributed by atoms with Gasteiger partial charge in [0, 0.05) is 34.1 Å². The van der Waals surface area contributed by atoms with Crippen LogP contribution in [0, 0.1) is 13.8 Å². The van der Waals surface area contributed by atoms with Crippen molar-refractivity contribution >= 4 is 34.1 Å². The fourth-order valence-corrected chi connectivity index (χ4v) is 5.22. The van der Waals surface area contributed by atoms with Crippen LogP contribution in [-0.2, 0) is 0 Å². The summed E-state index contributed by atoms with van der Waals surface area (Å²) >= 11 is 0. The standard InChI is InChI=1S/C38H32N2/c1-29-23-25-31(27-37(29)39(33-15-7-3-8-16-33)34-17-9-4-10-18-34)32-26-24-30(2)38(28-32)40(35-19-11-5-12-20-35)36-21-13-6-14-22-36/h3-28H,1-2H3. The van der Waals surface area contributed by atoms with E-state index in [1.54, 1.807) is 0 Å². The predicted octanol–water partition coefficient (Wildman–Crippen LogP) is 10.9. The zero-order valence-electron chi connectivity index (χ0n) is 22.9. The van der Waals surface area contributed by atoms with Gasteiger partial charge in [-0.3, -0.25) is 0 Å².